The summed E-state index contributed by atoms with van der Waals surface area (Å²) in [7, 11) is 3.88. The molecule has 0 fully saturated rings. The number of nitrogens with one attached hydrogen (secondary N) is 1. The van der Waals surface area contributed by atoms with E-state index in [0.717, 1.165) is 19.0 Å². The van der Waals surface area contributed by atoms with Crippen LogP contribution in [0, 0.1) is 28.5 Å². The molecule has 7 heteroatoms. The van der Waals surface area contributed by atoms with E-state index >= 15 is 0 Å². The van der Waals surface area contributed by atoms with Crippen LogP contribution in [0.5, 0.6) is 0 Å². The summed E-state index contributed by atoms with van der Waals surface area (Å²) in [6.45, 7) is 1.62. The molecular formula is C16H20FN5O. The number of amides is 2. The lowest BCUT2D eigenvalue weighted by Gasteiger charge is -2.23. The van der Waals surface area contributed by atoms with Gasteiger partial charge in [-0.05, 0) is 45.3 Å². The van der Waals surface area contributed by atoms with Crippen LogP contribution in [-0.2, 0) is 0 Å². The van der Waals surface area contributed by atoms with Gasteiger partial charge in [0.2, 0.25) is 0 Å². The van der Waals surface area contributed by atoms with Crippen LogP contribution in [0.1, 0.15) is 18.4 Å². The van der Waals surface area contributed by atoms with Gasteiger partial charge >= 0.3 is 6.03 Å². The first-order chi connectivity index (χ1) is 11.0. The van der Waals surface area contributed by atoms with Gasteiger partial charge in [0.25, 0.3) is 0 Å². The number of rotatable bonds is 7. The van der Waals surface area contributed by atoms with Crippen molar-refractivity contribution in [2.45, 2.75) is 12.8 Å². The van der Waals surface area contributed by atoms with Crippen LogP contribution in [0.2, 0.25) is 0 Å². The van der Waals surface area contributed by atoms with E-state index in [2.05, 4.69) is 5.32 Å². The van der Waals surface area contributed by atoms with Crippen molar-refractivity contribution in [2.24, 2.45) is 0 Å². The topological polar surface area (TPSA) is 83.2 Å². The highest BCUT2D eigenvalue weighted by Gasteiger charge is 2.15. The number of urea groups is 1. The molecule has 0 bridgehead atoms. The molecule has 1 rings (SSSR count). The fourth-order valence-corrected chi connectivity index (χ4v) is 1.99. The molecule has 1 N–H and O–H groups in total. The Hall–Kier alpha value is -2.64. The average molecular weight is 317 g/mol. The number of nitriles is 2. The molecule has 23 heavy (non-hydrogen) atoms. The highest BCUT2D eigenvalue weighted by atomic mass is 19.1. The van der Waals surface area contributed by atoms with Gasteiger partial charge in [-0.15, -0.1) is 0 Å². The zero-order valence-electron chi connectivity index (χ0n) is 13.3. The maximum Gasteiger partial charge on any atom is 0.321 e. The molecule has 0 spiro atoms. The van der Waals surface area contributed by atoms with E-state index in [1.165, 1.54) is 17.0 Å². The van der Waals surface area contributed by atoms with Crippen molar-refractivity contribution < 1.29 is 9.18 Å². The number of nitrogens with zero attached hydrogens (tertiary/aromatic N) is 4. The van der Waals surface area contributed by atoms with Crippen molar-refractivity contribution in [1.82, 2.24) is 9.80 Å². The minimum atomic E-state index is -0.535. The third-order valence-electron chi connectivity index (χ3n) is 3.16. The lowest BCUT2D eigenvalue weighted by atomic mass is 10.2. The zero-order chi connectivity index (χ0) is 17.2. The van der Waals surface area contributed by atoms with Gasteiger partial charge in [0.15, 0.2) is 0 Å². The predicted octanol–water partition coefficient (Wildman–Crippen LogP) is 2.40. The summed E-state index contributed by atoms with van der Waals surface area (Å²) in [6, 6.07) is 7.07. The second-order valence-electron chi connectivity index (χ2n) is 5.28. The molecule has 0 aliphatic carbocycles. The number of carbonyl (C=O) groups excluding carboxylic acids is 1. The molecular weight excluding hydrogens is 297 g/mol. The Morgan fingerprint density at radius 1 is 1.26 bits per heavy atom. The number of hydrogen-bond acceptors (Lipinski definition) is 4. The first kappa shape index (κ1) is 18.4. The standard InChI is InChI=1S/C16H20FN5O/c1-21(2)8-4-10-22(9-3-7-18)16(23)20-15-6-5-14(17)11-13(15)12-19/h5-6,11H,3-4,8-10H2,1-2H3,(H,20,23). The Morgan fingerprint density at radius 2 is 2.00 bits per heavy atom. The smallest absolute Gasteiger partial charge is 0.321 e. The summed E-state index contributed by atoms with van der Waals surface area (Å²) in [4.78, 5) is 15.9. The molecule has 0 heterocycles. The quantitative estimate of drug-likeness (QED) is 0.837. The molecule has 0 atom stereocenters. The molecule has 1 aromatic carbocycles. The molecule has 0 aliphatic heterocycles. The van der Waals surface area contributed by atoms with Gasteiger partial charge in [-0.25, -0.2) is 9.18 Å². The number of halogens is 1. The Morgan fingerprint density at radius 3 is 2.61 bits per heavy atom. The summed E-state index contributed by atoms with van der Waals surface area (Å²) in [5.74, 6) is -0.535. The van der Waals surface area contributed by atoms with Gasteiger partial charge in [0.05, 0.1) is 23.7 Å². The van der Waals surface area contributed by atoms with Gasteiger partial charge in [-0.2, -0.15) is 10.5 Å². The van der Waals surface area contributed by atoms with Gasteiger partial charge in [-0.3, -0.25) is 0 Å². The monoisotopic (exact) mass is 317 g/mol. The van der Waals surface area contributed by atoms with Crippen molar-refractivity contribution in [3.63, 3.8) is 0 Å². The van der Waals surface area contributed by atoms with E-state index in [1.54, 1.807) is 0 Å². The van der Waals surface area contributed by atoms with Crippen LogP contribution in [0.4, 0.5) is 14.9 Å². The molecule has 0 saturated heterocycles. The maximum atomic E-state index is 13.1. The Kier molecular flexibility index (Phi) is 7.52. The maximum absolute atomic E-state index is 13.1. The number of benzene rings is 1. The van der Waals surface area contributed by atoms with Crippen LogP contribution in [-0.4, -0.2) is 49.6 Å². The minimum Gasteiger partial charge on any atom is -0.323 e. The first-order valence-corrected chi connectivity index (χ1v) is 7.25. The van der Waals surface area contributed by atoms with E-state index in [4.69, 9.17) is 10.5 Å². The fraction of sp³-hybridized carbons (Fsp3) is 0.438. The van der Waals surface area contributed by atoms with E-state index in [1.807, 2.05) is 31.1 Å². The van der Waals surface area contributed by atoms with Gasteiger partial charge in [-0.1, -0.05) is 0 Å². The van der Waals surface area contributed by atoms with Crippen molar-refractivity contribution in [3.8, 4) is 12.1 Å². The summed E-state index contributed by atoms with van der Waals surface area (Å²) in [5, 5.41) is 20.3. The normalized spacial score (nSPS) is 10.0. The van der Waals surface area contributed by atoms with Crippen molar-refractivity contribution >= 4 is 11.7 Å². The average Bonchev–Trinajstić information content (AvgIpc) is 2.51. The summed E-state index contributed by atoms with van der Waals surface area (Å²) in [5.41, 5.74) is 0.320. The molecule has 2 amide bonds. The number of hydrogen-bond donors (Lipinski definition) is 1. The third kappa shape index (κ3) is 6.33. The van der Waals surface area contributed by atoms with Crippen LogP contribution in [0.3, 0.4) is 0 Å². The predicted molar refractivity (Wildman–Crippen MR) is 85.1 cm³/mol. The minimum absolute atomic E-state index is 0.0619. The largest absolute Gasteiger partial charge is 0.323 e. The Labute approximate surface area is 135 Å². The summed E-state index contributed by atoms with van der Waals surface area (Å²) >= 11 is 0. The van der Waals surface area contributed by atoms with Crippen LogP contribution in [0.25, 0.3) is 0 Å². The highest BCUT2D eigenvalue weighted by Crippen LogP contribution is 2.16. The molecule has 0 aromatic heterocycles. The summed E-state index contributed by atoms with van der Waals surface area (Å²) in [6.07, 6.45) is 0.990. The van der Waals surface area contributed by atoms with Gasteiger partial charge < -0.3 is 15.1 Å². The molecule has 0 saturated carbocycles. The van der Waals surface area contributed by atoms with Crippen LogP contribution >= 0.6 is 0 Å². The zero-order valence-corrected chi connectivity index (χ0v) is 13.3. The molecule has 0 radical (unpaired) electrons. The molecule has 6 nitrogen and oxygen atoms in total. The van der Waals surface area contributed by atoms with Crippen molar-refractivity contribution in [3.05, 3.63) is 29.6 Å². The second kappa shape index (κ2) is 9.39. The number of carbonyl (C=O) groups is 1. The lowest BCUT2D eigenvalue weighted by Crippen LogP contribution is -2.37. The number of anilines is 1. The molecule has 1 aromatic rings. The first-order valence-electron chi connectivity index (χ1n) is 7.25. The van der Waals surface area contributed by atoms with Crippen molar-refractivity contribution in [2.75, 3.05) is 39.0 Å². The Balaban J connectivity index is 2.76. The molecule has 122 valence electrons. The van der Waals surface area contributed by atoms with E-state index in [0.29, 0.717) is 13.1 Å². The second-order valence-corrected chi connectivity index (χ2v) is 5.28. The van der Waals surface area contributed by atoms with Crippen LogP contribution in [0.15, 0.2) is 18.2 Å². The van der Waals surface area contributed by atoms with E-state index in [9.17, 15) is 9.18 Å². The molecule has 0 aliphatic rings. The lowest BCUT2D eigenvalue weighted by molar-refractivity contribution is 0.209. The van der Waals surface area contributed by atoms with Crippen molar-refractivity contribution in [1.29, 1.82) is 10.5 Å². The van der Waals surface area contributed by atoms with Gasteiger partial charge in [0, 0.05) is 13.1 Å². The van der Waals surface area contributed by atoms with E-state index in [-0.39, 0.29) is 17.7 Å². The SMILES string of the molecule is CN(C)CCCN(CCC#N)C(=O)Nc1ccc(F)cc1C#N. The molecule has 0 unspecified atom stereocenters. The fourth-order valence-electron chi connectivity index (χ4n) is 1.99. The highest BCUT2D eigenvalue weighted by molar-refractivity contribution is 5.90. The van der Waals surface area contributed by atoms with Crippen LogP contribution < -0.4 is 5.32 Å². The Bertz CT molecular complexity index is 618. The summed E-state index contributed by atoms with van der Waals surface area (Å²) < 4.78 is 13.1. The van der Waals surface area contributed by atoms with E-state index < -0.39 is 11.8 Å². The third-order valence-corrected chi connectivity index (χ3v) is 3.16. The van der Waals surface area contributed by atoms with Gasteiger partial charge in [0.1, 0.15) is 11.9 Å².